The lowest BCUT2D eigenvalue weighted by molar-refractivity contribution is 0.111. The predicted octanol–water partition coefficient (Wildman–Crippen LogP) is 7.99. The fourth-order valence-corrected chi connectivity index (χ4v) is 3.03. The Hall–Kier alpha value is -4.41. The molecule has 4 rings (SSSR count). The normalized spacial score (nSPS) is 9.43. The third-order valence-corrected chi connectivity index (χ3v) is 5.34. The second-order valence-corrected chi connectivity index (χ2v) is 7.98. The van der Waals surface area contributed by atoms with E-state index in [1.807, 2.05) is 60.7 Å². The maximum absolute atomic E-state index is 10.5. The van der Waals surface area contributed by atoms with Crippen molar-refractivity contribution in [2.24, 2.45) is 0 Å². The first-order valence-corrected chi connectivity index (χ1v) is 12.0. The first kappa shape index (κ1) is 28.8. The van der Waals surface area contributed by atoms with Gasteiger partial charge in [0.2, 0.25) is 0 Å². The molecule has 188 valence electrons. The van der Waals surface area contributed by atoms with E-state index in [-0.39, 0.29) is 5.75 Å². The summed E-state index contributed by atoms with van der Waals surface area (Å²) < 4.78 is 5.62. The Bertz CT molecular complexity index is 1190. The SMILES string of the molecule is C=Cc1ccc(CCl)cc1.C=Cc1ccc(COc2ccc(C=O)cc2)cc1.O=Cc1ccc(O)cc1. The maximum Gasteiger partial charge on any atom is 0.150 e. The van der Waals surface area contributed by atoms with Crippen LogP contribution in [0.15, 0.2) is 110 Å². The maximum atomic E-state index is 10.5. The van der Waals surface area contributed by atoms with Crippen LogP contribution in [0.1, 0.15) is 43.0 Å². The van der Waals surface area contributed by atoms with E-state index in [1.54, 1.807) is 36.4 Å². The molecular weight excluding hydrogens is 484 g/mol. The van der Waals surface area contributed by atoms with Crippen LogP contribution in [-0.2, 0) is 12.5 Å². The van der Waals surface area contributed by atoms with Crippen LogP contribution in [0.3, 0.4) is 0 Å². The summed E-state index contributed by atoms with van der Waals surface area (Å²) in [7, 11) is 0. The van der Waals surface area contributed by atoms with Gasteiger partial charge in [-0.3, -0.25) is 9.59 Å². The number of alkyl halides is 1. The number of aromatic hydroxyl groups is 1. The molecule has 37 heavy (non-hydrogen) atoms. The van der Waals surface area contributed by atoms with Crippen molar-refractivity contribution in [3.05, 3.63) is 144 Å². The summed E-state index contributed by atoms with van der Waals surface area (Å²) in [5.41, 5.74) is 5.70. The standard InChI is InChI=1S/C16H14O2.C9H9Cl.C7H6O2/c1-2-13-3-5-15(6-4-13)12-18-16-9-7-14(11-17)8-10-16;1-2-8-3-5-9(7-10)6-4-8;8-5-6-1-3-7(9)4-2-6/h2-11H,1,12H2;2-6H,1,7H2;1-5,9H. The molecule has 0 fully saturated rings. The number of phenolic OH excluding ortho intramolecular Hbond substituents is 1. The zero-order valence-corrected chi connectivity index (χ0v) is 21.2. The highest BCUT2D eigenvalue weighted by molar-refractivity contribution is 6.17. The van der Waals surface area contributed by atoms with E-state index in [9.17, 15) is 9.59 Å². The molecular formula is C32H29ClO4. The van der Waals surface area contributed by atoms with Crippen LogP contribution >= 0.6 is 11.6 Å². The molecule has 0 aliphatic heterocycles. The van der Waals surface area contributed by atoms with Gasteiger partial charge in [-0.2, -0.15) is 0 Å². The van der Waals surface area contributed by atoms with Crippen molar-refractivity contribution in [2.75, 3.05) is 0 Å². The van der Waals surface area contributed by atoms with E-state index in [1.165, 1.54) is 12.1 Å². The van der Waals surface area contributed by atoms with Crippen LogP contribution in [0.4, 0.5) is 0 Å². The molecule has 0 saturated carbocycles. The lowest BCUT2D eigenvalue weighted by atomic mass is 10.1. The van der Waals surface area contributed by atoms with Crippen molar-refractivity contribution in [1.29, 1.82) is 0 Å². The molecule has 0 bridgehead atoms. The van der Waals surface area contributed by atoms with Gasteiger partial charge in [-0.1, -0.05) is 73.8 Å². The van der Waals surface area contributed by atoms with Gasteiger partial charge in [-0.15, -0.1) is 11.6 Å². The Morgan fingerprint density at radius 3 is 1.43 bits per heavy atom. The van der Waals surface area contributed by atoms with Gasteiger partial charge in [-0.25, -0.2) is 0 Å². The van der Waals surface area contributed by atoms with Crippen molar-refractivity contribution >= 4 is 36.3 Å². The second kappa shape index (κ2) is 16.3. The van der Waals surface area contributed by atoms with Crippen LogP contribution in [0.2, 0.25) is 0 Å². The number of halogens is 1. The summed E-state index contributed by atoms with van der Waals surface area (Å²) in [5.74, 6) is 1.52. The monoisotopic (exact) mass is 512 g/mol. The number of benzene rings is 4. The van der Waals surface area contributed by atoms with E-state index < -0.39 is 0 Å². The Balaban J connectivity index is 0.000000214. The largest absolute Gasteiger partial charge is 0.508 e. The molecule has 0 spiro atoms. The van der Waals surface area contributed by atoms with Gasteiger partial charge in [0, 0.05) is 17.0 Å². The Kier molecular flexibility index (Phi) is 12.7. The Morgan fingerprint density at radius 2 is 1.03 bits per heavy atom. The molecule has 1 N–H and O–H groups in total. The fourth-order valence-electron chi connectivity index (χ4n) is 2.85. The lowest BCUT2D eigenvalue weighted by Gasteiger charge is -2.06. The molecule has 0 radical (unpaired) electrons. The molecule has 0 saturated heterocycles. The molecule has 0 aromatic heterocycles. The Morgan fingerprint density at radius 1 is 0.622 bits per heavy atom. The summed E-state index contributed by atoms with van der Waals surface area (Å²) >= 11 is 5.60. The number of carbonyl (C=O) groups is 2. The number of aldehydes is 2. The topological polar surface area (TPSA) is 63.6 Å². The minimum absolute atomic E-state index is 0.181. The number of rotatable bonds is 8. The van der Waals surface area contributed by atoms with Gasteiger partial charge in [0.15, 0.2) is 0 Å². The average molecular weight is 513 g/mol. The third-order valence-electron chi connectivity index (χ3n) is 5.04. The van der Waals surface area contributed by atoms with Crippen LogP contribution in [0.5, 0.6) is 11.5 Å². The number of phenols is 1. The highest BCUT2D eigenvalue weighted by Gasteiger charge is 1.97. The van der Waals surface area contributed by atoms with E-state index >= 15 is 0 Å². The van der Waals surface area contributed by atoms with Crippen molar-refractivity contribution < 1.29 is 19.4 Å². The molecule has 0 unspecified atom stereocenters. The van der Waals surface area contributed by atoms with Gasteiger partial charge >= 0.3 is 0 Å². The highest BCUT2D eigenvalue weighted by Crippen LogP contribution is 2.14. The zero-order chi connectivity index (χ0) is 26.9. The van der Waals surface area contributed by atoms with Gasteiger partial charge in [0.1, 0.15) is 30.7 Å². The number of hydrogen-bond donors (Lipinski definition) is 1. The molecule has 0 heterocycles. The van der Waals surface area contributed by atoms with E-state index in [0.29, 0.717) is 23.6 Å². The van der Waals surface area contributed by atoms with Crippen LogP contribution < -0.4 is 4.74 Å². The Labute approximate surface area is 223 Å². The van der Waals surface area contributed by atoms with Crippen LogP contribution in [-0.4, -0.2) is 17.7 Å². The summed E-state index contributed by atoms with van der Waals surface area (Å²) in [6.45, 7) is 7.88. The van der Waals surface area contributed by atoms with Crippen LogP contribution in [0.25, 0.3) is 12.2 Å². The quantitative estimate of drug-likeness (QED) is 0.192. The fraction of sp³-hybridized carbons (Fsp3) is 0.0625. The molecule has 0 amide bonds. The lowest BCUT2D eigenvalue weighted by Crippen LogP contribution is -1.95. The van der Waals surface area contributed by atoms with Crippen molar-refractivity contribution in [3.63, 3.8) is 0 Å². The van der Waals surface area contributed by atoms with Crippen molar-refractivity contribution in [1.82, 2.24) is 0 Å². The molecule has 0 aliphatic carbocycles. The number of carbonyl (C=O) groups excluding carboxylic acids is 2. The number of ether oxygens (including phenoxy) is 1. The second-order valence-electron chi connectivity index (χ2n) is 7.71. The first-order valence-electron chi connectivity index (χ1n) is 11.4. The van der Waals surface area contributed by atoms with E-state index in [0.717, 1.165) is 40.6 Å². The van der Waals surface area contributed by atoms with Crippen molar-refractivity contribution in [2.45, 2.75) is 12.5 Å². The summed E-state index contributed by atoms with van der Waals surface area (Å²) in [6.07, 6.45) is 5.18. The summed E-state index contributed by atoms with van der Waals surface area (Å²) in [4.78, 5) is 20.5. The van der Waals surface area contributed by atoms with E-state index in [2.05, 4.69) is 13.2 Å². The number of hydrogen-bond acceptors (Lipinski definition) is 4. The molecule has 4 aromatic rings. The van der Waals surface area contributed by atoms with Gasteiger partial charge in [0.25, 0.3) is 0 Å². The van der Waals surface area contributed by atoms with Gasteiger partial charge in [-0.05, 0) is 70.8 Å². The minimum atomic E-state index is 0.181. The molecule has 0 aliphatic rings. The average Bonchev–Trinajstić information content (AvgIpc) is 2.97. The molecule has 5 heteroatoms. The van der Waals surface area contributed by atoms with Gasteiger partial charge in [0.05, 0.1) is 0 Å². The van der Waals surface area contributed by atoms with Crippen LogP contribution in [0, 0.1) is 0 Å². The minimum Gasteiger partial charge on any atom is -0.508 e. The molecule has 0 atom stereocenters. The van der Waals surface area contributed by atoms with Gasteiger partial charge < -0.3 is 9.84 Å². The van der Waals surface area contributed by atoms with Crippen molar-refractivity contribution in [3.8, 4) is 11.5 Å². The third kappa shape index (κ3) is 10.8. The predicted molar refractivity (Wildman–Crippen MR) is 152 cm³/mol. The summed E-state index contributed by atoms with van der Waals surface area (Å²) in [6, 6.07) is 29.2. The first-order chi connectivity index (χ1) is 18.0. The van der Waals surface area contributed by atoms with E-state index in [4.69, 9.17) is 21.4 Å². The molecule has 4 aromatic carbocycles. The highest BCUT2D eigenvalue weighted by atomic mass is 35.5. The zero-order valence-electron chi connectivity index (χ0n) is 20.4. The smallest absolute Gasteiger partial charge is 0.150 e. The molecule has 4 nitrogen and oxygen atoms in total. The summed E-state index contributed by atoms with van der Waals surface area (Å²) in [5, 5.41) is 8.74.